The maximum atomic E-state index is 13.0. The lowest BCUT2D eigenvalue weighted by atomic mass is 9.97. The van der Waals surface area contributed by atoms with Crippen molar-refractivity contribution in [2.75, 3.05) is 19.6 Å². The van der Waals surface area contributed by atoms with Gasteiger partial charge in [0.05, 0.1) is 11.5 Å². The first-order chi connectivity index (χ1) is 15.3. The molecule has 5 nitrogen and oxygen atoms in total. The van der Waals surface area contributed by atoms with Crippen molar-refractivity contribution in [3.05, 3.63) is 71.8 Å². The summed E-state index contributed by atoms with van der Waals surface area (Å²) in [5, 5.41) is 0. The van der Waals surface area contributed by atoms with Crippen LogP contribution in [0.25, 0.3) is 0 Å². The normalized spacial score (nSPS) is 18.3. The van der Waals surface area contributed by atoms with Crippen LogP contribution in [0, 0.1) is 5.92 Å². The molecule has 1 saturated heterocycles. The van der Waals surface area contributed by atoms with Gasteiger partial charge in [-0.3, -0.25) is 9.59 Å². The highest BCUT2D eigenvalue weighted by Crippen LogP contribution is 2.34. The molecule has 2 heterocycles. The van der Waals surface area contributed by atoms with E-state index in [-0.39, 0.29) is 17.7 Å². The van der Waals surface area contributed by atoms with Crippen molar-refractivity contribution in [1.82, 2.24) is 9.80 Å². The van der Waals surface area contributed by atoms with Gasteiger partial charge in [-0.05, 0) is 54.8 Å². The summed E-state index contributed by atoms with van der Waals surface area (Å²) in [6.07, 6.45) is -1.91. The molecule has 4 rings (SSSR count). The summed E-state index contributed by atoms with van der Waals surface area (Å²) in [5.41, 5.74) is 1.17. The van der Waals surface area contributed by atoms with Crippen LogP contribution in [0.4, 0.5) is 13.2 Å². The Hall–Kier alpha value is -3.29. The van der Waals surface area contributed by atoms with E-state index in [1.165, 1.54) is 18.2 Å². The van der Waals surface area contributed by atoms with Crippen molar-refractivity contribution in [2.24, 2.45) is 5.92 Å². The summed E-state index contributed by atoms with van der Waals surface area (Å²) in [5.74, 6) is 0.561. The molecule has 0 aliphatic carbocycles. The Balaban J connectivity index is 1.44. The number of halogens is 3. The molecule has 8 heteroatoms. The molecule has 0 radical (unpaired) electrons. The number of alkyl halides is 3. The predicted molar refractivity (Wildman–Crippen MR) is 112 cm³/mol. The first-order valence-corrected chi connectivity index (χ1v) is 10.4. The molecule has 2 aromatic carbocycles. The molecule has 1 unspecified atom stereocenters. The summed E-state index contributed by atoms with van der Waals surface area (Å²) in [4.78, 5) is 28.2. The lowest BCUT2D eigenvalue weighted by molar-refractivity contribution is -0.138. The molecular weight excluding hydrogens is 421 g/mol. The molecule has 2 aromatic rings. The van der Waals surface area contributed by atoms with Crippen LogP contribution in [0.3, 0.4) is 0 Å². The maximum Gasteiger partial charge on any atom is 0.416 e. The van der Waals surface area contributed by atoms with E-state index in [9.17, 15) is 22.8 Å². The van der Waals surface area contributed by atoms with E-state index in [1.54, 1.807) is 15.9 Å². The fourth-order valence-corrected chi connectivity index (χ4v) is 4.25. The third-order valence-electron chi connectivity index (χ3n) is 5.97. The van der Waals surface area contributed by atoms with Crippen molar-refractivity contribution in [3.63, 3.8) is 0 Å². The molecule has 0 N–H and O–H groups in total. The van der Waals surface area contributed by atoms with Gasteiger partial charge in [-0.15, -0.1) is 0 Å². The smallest absolute Gasteiger partial charge is 0.416 e. The second-order valence-electron chi connectivity index (χ2n) is 8.00. The number of likely N-dealkylation sites (tertiary alicyclic amines) is 1. The van der Waals surface area contributed by atoms with Gasteiger partial charge in [-0.2, -0.15) is 13.2 Å². The van der Waals surface area contributed by atoms with Crippen molar-refractivity contribution in [3.8, 4) is 11.5 Å². The lowest BCUT2D eigenvalue weighted by Gasteiger charge is -2.31. The zero-order valence-electron chi connectivity index (χ0n) is 17.4. The quantitative estimate of drug-likeness (QED) is 0.657. The number of carbonyl (C=O) groups excluding carboxylic acids is 2. The van der Waals surface area contributed by atoms with E-state index in [4.69, 9.17) is 4.74 Å². The SMILES string of the molecule is C=CC(=O)N1CCC(C(=O)N2CCc3c(cccc3Oc3ccc(C(F)(F)F)cc3)C2)C1. The second-order valence-corrected chi connectivity index (χ2v) is 8.00. The van der Waals surface area contributed by atoms with Crippen molar-refractivity contribution < 1.29 is 27.5 Å². The topological polar surface area (TPSA) is 49.9 Å². The van der Waals surface area contributed by atoms with Gasteiger partial charge in [0.25, 0.3) is 0 Å². The lowest BCUT2D eigenvalue weighted by Crippen LogP contribution is -2.41. The molecule has 0 spiro atoms. The Kier molecular flexibility index (Phi) is 5.95. The molecule has 1 atom stereocenters. The first-order valence-electron chi connectivity index (χ1n) is 10.4. The summed E-state index contributed by atoms with van der Waals surface area (Å²) in [6.45, 7) is 5.41. The van der Waals surface area contributed by atoms with E-state index >= 15 is 0 Å². The molecule has 2 aliphatic heterocycles. The van der Waals surface area contributed by atoms with Gasteiger partial charge < -0.3 is 14.5 Å². The molecule has 2 aliphatic rings. The van der Waals surface area contributed by atoms with Gasteiger partial charge in [0.1, 0.15) is 11.5 Å². The highest BCUT2D eigenvalue weighted by atomic mass is 19.4. The highest BCUT2D eigenvalue weighted by Gasteiger charge is 2.34. The average molecular weight is 444 g/mol. The van der Waals surface area contributed by atoms with Crippen LogP contribution in [-0.2, 0) is 28.7 Å². The fourth-order valence-electron chi connectivity index (χ4n) is 4.25. The van der Waals surface area contributed by atoms with Crippen LogP contribution in [0.15, 0.2) is 55.1 Å². The number of carbonyl (C=O) groups is 2. The minimum Gasteiger partial charge on any atom is -0.457 e. The third-order valence-corrected chi connectivity index (χ3v) is 5.97. The molecule has 0 saturated carbocycles. The average Bonchev–Trinajstić information content (AvgIpc) is 3.28. The number of rotatable bonds is 4. The van der Waals surface area contributed by atoms with Crippen LogP contribution in [0.1, 0.15) is 23.1 Å². The minimum absolute atomic E-state index is 0.0315. The number of benzene rings is 2. The summed E-state index contributed by atoms with van der Waals surface area (Å²) < 4.78 is 44.2. The van der Waals surface area contributed by atoms with Crippen molar-refractivity contribution >= 4 is 11.8 Å². The Morgan fingerprint density at radius 3 is 2.50 bits per heavy atom. The number of amides is 2. The summed E-state index contributed by atoms with van der Waals surface area (Å²) in [7, 11) is 0. The maximum absolute atomic E-state index is 13.0. The highest BCUT2D eigenvalue weighted by molar-refractivity contribution is 5.88. The predicted octanol–water partition coefficient (Wildman–Crippen LogP) is 4.42. The molecule has 0 aromatic heterocycles. The molecule has 1 fully saturated rings. The largest absolute Gasteiger partial charge is 0.457 e. The fraction of sp³-hybridized carbons (Fsp3) is 0.333. The number of hydrogen-bond donors (Lipinski definition) is 0. The number of nitrogens with zero attached hydrogens (tertiary/aromatic N) is 2. The summed E-state index contributed by atoms with van der Waals surface area (Å²) in [6, 6.07) is 10.1. The van der Waals surface area contributed by atoms with Crippen molar-refractivity contribution in [1.29, 1.82) is 0 Å². The Morgan fingerprint density at radius 2 is 1.81 bits per heavy atom. The van der Waals surface area contributed by atoms with Gasteiger partial charge >= 0.3 is 6.18 Å². The van der Waals surface area contributed by atoms with E-state index in [0.29, 0.717) is 50.5 Å². The van der Waals surface area contributed by atoms with Gasteiger partial charge in [0.15, 0.2) is 0 Å². The monoisotopic (exact) mass is 444 g/mol. The Labute approximate surface area is 184 Å². The second kappa shape index (κ2) is 8.68. The first kappa shape index (κ1) is 21.9. The van der Waals surface area contributed by atoms with Crippen LogP contribution in [0.2, 0.25) is 0 Å². The van der Waals surface area contributed by atoms with Gasteiger partial charge in [0.2, 0.25) is 11.8 Å². The molecular formula is C24H23F3N2O3. The van der Waals surface area contributed by atoms with Crippen LogP contribution < -0.4 is 4.74 Å². The van der Waals surface area contributed by atoms with E-state index in [0.717, 1.165) is 23.3 Å². The van der Waals surface area contributed by atoms with E-state index < -0.39 is 11.7 Å². The van der Waals surface area contributed by atoms with Crippen LogP contribution >= 0.6 is 0 Å². The van der Waals surface area contributed by atoms with E-state index in [1.807, 2.05) is 12.1 Å². The van der Waals surface area contributed by atoms with Crippen LogP contribution in [-0.4, -0.2) is 41.2 Å². The third kappa shape index (κ3) is 4.49. The van der Waals surface area contributed by atoms with E-state index in [2.05, 4.69) is 6.58 Å². The molecule has 0 bridgehead atoms. The Bertz CT molecular complexity index is 1030. The number of hydrogen-bond acceptors (Lipinski definition) is 3. The minimum atomic E-state index is -4.39. The zero-order valence-corrected chi connectivity index (χ0v) is 17.4. The Morgan fingerprint density at radius 1 is 1.06 bits per heavy atom. The zero-order chi connectivity index (χ0) is 22.9. The molecule has 168 valence electrons. The number of fused-ring (bicyclic) bond motifs is 1. The molecule has 32 heavy (non-hydrogen) atoms. The number of ether oxygens (including phenoxy) is 1. The van der Waals surface area contributed by atoms with Gasteiger partial charge in [-0.25, -0.2) is 0 Å². The molecule has 2 amide bonds. The van der Waals surface area contributed by atoms with Crippen molar-refractivity contribution in [2.45, 2.75) is 25.6 Å². The van der Waals surface area contributed by atoms with Crippen LogP contribution in [0.5, 0.6) is 11.5 Å². The summed E-state index contributed by atoms with van der Waals surface area (Å²) >= 11 is 0. The standard InChI is InChI=1S/C24H23F3N2O3/c1-2-22(30)28-12-10-17(15-28)23(31)29-13-11-20-16(14-29)4-3-5-21(20)32-19-8-6-18(7-9-19)24(25,26)27/h2-9,17H,1,10-15H2. The van der Waals surface area contributed by atoms with Gasteiger partial charge in [-0.1, -0.05) is 18.7 Å². The van der Waals surface area contributed by atoms with Gasteiger partial charge in [0, 0.05) is 31.7 Å².